The molecule has 0 atom stereocenters. The first-order valence-electron chi connectivity index (χ1n) is 3.51. The third-order valence-corrected chi connectivity index (χ3v) is 1.06. The first kappa shape index (κ1) is 9.59. The summed E-state index contributed by atoms with van der Waals surface area (Å²) in [5.41, 5.74) is 3.39. The van der Waals surface area contributed by atoms with Crippen LogP contribution in [0.1, 0.15) is 27.2 Å². The maximum Gasteiger partial charge on any atom is 0.310 e. The molecular weight excluding hydrogens is 128 g/mol. The number of hydrogen-bond donors (Lipinski definition) is 2. The molecule has 0 unspecified atom stereocenters. The van der Waals surface area contributed by atoms with Gasteiger partial charge in [-0.2, -0.15) is 0 Å². The molecule has 3 nitrogen and oxygen atoms in total. The third kappa shape index (κ3) is 7.59. The zero-order chi connectivity index (χ0) is 8.20. The lowest BCUT2D eigenvalue weighted by molar-refractivity contribution is -0.305. The van der Waals surface area contributed by atoms with E-state index < -0.39 is 0 Å². The summed E-state index contributed by atoms with van der Waals surface area (Å²) in [6, 6.07) is 0. The van der Waals surface area contributed by atoms with E-state index >= 15 is 0 Å². The molecule has 1 amide bonds. The number of rotatable bonds is 3. The molecule has 3 heteroatoms. The molecule has 10 heavy (non-hydrogen) atoms. The largest absolute Gasteiger partial charge is 0.311 e. The van der Waals surface area contributed by atoms with E-state index in [0.717, 1.165) is 6.54 Å². The van der Waals surface area contributed by atoms with Gasteiger partial charge in [-0.15, -0.1) is 0 Å². The third-order valence-electron chi connectivity index (χ3n) is 1.06. The van der Waals surface area contributed by atoms with Gasteiger partial charge in [0.1, 0.15) is 0 Å². The van der Waals surface area contributed by atoms with Crippen molar-refractivity contribution in [1.29, 1.82) is 0 Å². The van der Waals surface area contributed by atoms with Crippen molar-refractivity contribution >= 4 is 5.91 Å². The zero-order valence-corrected chi connectivity index (χ0v) is 7.03. The Hall–Kier alpha value is -0.410. The molecule has 0 saturated carbocycles. The maximum absolute atomic E-state index is 10.4. The minimum absolute atomic E-state index is 0.00301. The van der Waals surface area contributed by atoms with Gasteiger partial charge in [-0.1, -0.05) is 0 Å². The van der Waals surface area contributed by atoms with E-state index in [4.69, 9.17) is 0 Å². The van der Waals surface area contributed by atoms with Gasteiger partial charge in [-0.3, -0.25) is 5.73 Å². The van der Waals surface area contributed by atoms with Crippen molar-refractivity contribution in [1.82, 2.24) is 5.32 Å². The molecule has 0 fully saturated rings. The molecule has 0 aromatic heterocycles. The average molecular weight is 145 g/mol. The van der Waals surface area contributed by atoms with Crippen LogP contribution in [0.2, 0.25) is 0 Å². The van der Waals surface area contributed by atoms with E-state index in [1.165, 1.54) is 0 Å². The summed E-state index contributed by atoms with van der Waals surface area (Å²) >= 11 is 0. The van der Waals surface area contributed by atoms with Gasteiger partial charge in [0.15, 0.2) is 0 Å². The van der Waals surface area contributed by atoms with Crippen LogP contribution in [0.4, 0.5) is 0 Å². The Morgan fingerprint density at radius 3 is 2.30 bits per heavy atom. The van der Waals surface area contributed by atoms with Gasteiger partial charge in [-0.05, 0) is 20.8 Å². The molecule has 0 radical (unpaired) electrons. The van der Waals surface area contributed by atoms with Crippen LogP contribution in [0, 0.1) is 0 Å². The quantitative estimate of drug-likeness (QED) is 0.564. The summed E-state index contributed by atoms with van der Waals surface area (Å²) in [7, 11) is 0. The summed E-state index contributed by atoms with van der Waals surface area (Å²) in [5.74, 6) is -0.00301. The molecule has 0 aliphatic rings. The summed E-state index contributed by atoms with van der Waals surface area (Å²) < 4.78 is 0. The lowest BCUT2D eigenvalue weighted by Crippen LogP contribution is -2.58. The highest BCUT2D eigenvalue weighted by Crippen LogP contribution is 1.97. The number of nitrogens with one attached hydrogen (secondary N) is 1. The summed E-state index contributed by atoms with van der Waals surface area (Å²) in [6.45, 7) is 6.94. The van der Waals surface area contributed by atoms with Crippen LogP contribution < -0.4 is 11.1 Å². The molecular formula is C7H17N2O+. The van der Waals surface area contributed by atoms with Crippen molar-refractivity contribution in [3.63, 3.8) is 0 Å². The van der Waals surface area contributed by atoms with Crippen LogP contribution in [0.3, 0.4) is 0 Å². The van der Waals surface area contributed by atoms with Gasteiger partial charge >= 0.3 is 5.91 Å². The molecule has 0 saturated heterocycles. The fraction of sp³-hybridized carbons (Fsp3) is 0.857. The first-order valence-corrected chi connectivity index (χ1v) is 3.51. The highest BCUT2D eigenvalue weighted by molar-refractivity contribution is 5.64. The summed E-state index contributed by atoms with van der Waals surface area (Å²) in [4.78, 5) is 10.4. The minimum Gasteiger partial charge on any atom is -0.311 e. The fourth-order valence-electron chi connectivity index (χ4n) is 0.577. The lowest BCUT2D eigenvalue weighted by Gasteiger charge is -2.19. The Balaban J connectivity index is 3.29. The van der Waals surface area contributed by atoms with E-state index in [1.54, 1.807) is 0 Å². The normalized spacial score (nSPS) is 11.6. The molecule has 0 aliphatic heterocycles. The van der Waals surface area contributed by atoms with Gasteiger partial charge in [0.25, 0.3) is 0 Å². The number of carbonyl (C=O) groups excluding carboxylic acids is 1. The van der Waals surface area contributed by atoms with Crippen LogP contribution in [0.25, 0.3) is 0 Å². The number of quaternary nitrogens is 1. The highest BCUT2D eigenvalue weighted by atomic mass is 16.1. The SMILES string of the molecule is CC(C)(C)NCCC([NH3+])=O. The lowest BCUT2D eigenvalue weighted by atomic mass is 10.1. The Kier molecular flexibility index (Phi) is 3.53. The van der Waals surface area contributed by atoms with E-state index in [9.17, 15) is 4.79 Å². The van der Waals surface area contributed by atoms with Crippen molar-refractivity contribution in [2.75, 3.05) is 6.54 Å². The van der Waals surface area contributed by atoms with E-state index in [-0.39, 0.29) is 11.4 Å². The zero-order valence-electron chi connectivity index (χ0n) is 7.03. The number of amides is 1. The predicted molar refractivity (Wildman–Crippen MR) is 40.3 cm³/mol. The topological polar surface area (TPSA) is 56.7 Å². The summed E-state index contributed by atoms with van der Waals surface area (Å²) in [6.07, 6.45) is 0.525. The predicted octanol–water partition coefficient (Wildman–Crippen LogP) is -0.467. The van der Waals surface area contributed by atoms with Crippen LogP contribution in [0.15, 0.2) is 0 Å². The second kappa shape index (κ2) is 3.68. The maximum atomic E-state index is 10.4. The van der Waals surface area contributed by atoms with E-state index in [0.29, 0.717) is 6.42 Å². The molecule has 0 bridgehead atoms. The van der Waals surface area contributed by atoms with E-state index in [2.05, 4.69) is 31.8 Å². The van der Waals surface area contributed by atoms with Gasteiger partial charge in [0.2, 0.25) is 0 Å². The van der Waals surface area contributed by atoms with E-state index in [1.807, 2.05) is 0 Å². The molecule has 0 aromatic carbocycles. The monoisotopic (exact) mass is 145 g/mol. The van der Waals surface area contributed by atoms with Crippen LogP contribution in [-0.4, -0.2) is 18.0 Å². The smallest absolute Gasteiger partial charge is 0.310 e. The molecule has 0 heterocycles. The first-order chi connectivity index (χ1) is 4.42. The molecule has 0 spiro atoms. The Labute approximate surface area is 62.0 Å². The van der Waals surface area contributed by atoms with Gasteiger partial charge in [0.05, 0.1) is 6.42 Å². The van der Waals surface area contributed by atoms with Crippen LogP contribution >= 0.6 is 0 Å². The molecule has 4 N–H and O–H groups in total. The van der Waals surface area contributed by atoms with Gasteiger partial charge in [-0.25, -0.2) is 4.79 Å². The number of hydrogen-bond acceptors (Lipinski definition) is 2. The summed E-state index contributed by atoms with van der Waals surface area (Å²) in [5, 5.41) is 3.19. The van der Waals surface area contributed by atoms with Crippen molar-refractivity contribution in [3.05, 3.63) is 0 Å². The Bertz CT molecular complexity index is 115. The fourth-order valence-corrected chi connectivity index (χ4v) is 0.577. The molecule has 0 aliphatic carbocycles. The van der Waals surface area contributed by atoms with Crippen molar-refractivity contribution in [2.45, 2.75) is 32.7 Å². The van der Waals surface area contributed by atoms with Gasteiger partial charge < -0.3 is 5.32 Å². The Morgan fingerprint density at radius 1 is 1.50 bits per heavy atom. The minimum atomic E-state index is -0.00301. The Morgan fingerprint density at radius 2 is 2.00 bits per heavy atom. The van der Waals surface area contributed by atoms with Crippen molar-refractivity contribution in [3.8, 4) is 0 Å². The van der Waals surface area contributed by atoms with Crippen LogP contribution in [-0.2, 0) is 4.79 Å². The second-order valence-electron chi connectivity index (χ2n) is 3.47. The average Bonchev–Trinajstić information content (AvgIpc) is 1.59. The molecule has 0 rings (SSSR count). The highest BCUT2D eigenvalue weighted by Gasteiger charge is 2.08. The standard InChI is InChI=1S/C7H16N2O/c1-7(2,3)9-5-4-6(8)10/h9H,4-5H2,1-3H3,(H2,8,10)/p+1. The second-order valence-corrected chi connectivity index (χ2v) is 3.47. The van der Waals surface area contributed by atoms with Crippen LogP contribution in [0.5, 0.6) is 0 Å². The molecule has 0 aromatic rings. The van der Waals surface area contributed by atoms with Gasteiger partial charge in [0, 0.05) is 12.1 Å². The number of carbonyl (C=O) groups is 1. The van der Waals surface area contributed by atoms with Crippen molar-refractivity contribution in [2.24, 2.45) is 0 Å². The van der Waals surface area contributed by atoms with Crippen molar-refractivity contribution < 1.29 is 10.5 Å². The molecule has 60 valence electrons.